The maximum Gasteiger partial charge on any atom is 0.229 e. The van der Waals surface area contributed by atoms with Gasteiger partial charge in [-0.3, -0.25) is 9.59 Å². The number of imidazole rings is 1. The molecule has 5 rings (SSSR count). The predicted molar refractivity (Wildman–Crippen MR) is 131 cm³/mol. The number of hydrogen-bond donors (Lipinski definition) is 1. The first kappa shape index (κ1) is 21.2. The summed E-state index contributed by atoms with van der Waals surface area (Å²) in [5.74, 6) is -0.650. The van der Waals surface area contributed by atoms with Crippen molar-refractivity contribution in [1.82, 2.24) is 9.38 Å². The summed E-state index contributed by atoms with van der Waals surface area (Å²) in [7, 11) is 0. The van der Waals surface area contributed by atoms with E-state index in [0.717, 1.165) is 39.4 Å². The maximum absolute atomic E-state index is 13.0. The molecule has 7 heteroatoms. The van der Waals surface area contributed by atoms with E-state index in [1.165, 1.54) is 0 Å². The van der Waals surface area contributed by atoms with Gasteiger partial charge in [-0.05, 0) is 67.4 Å². The fraction of sp³-hybridized carbons (Fsp3) is 0.192. The molecule has 2 aromatic carbocycles. The summed E-state index contributed by atoms with van der Waals surface area (Å²) in [6.07, 6.45) is 4.14. The van der Waals surface area contributed by atoms with Crippen LogP contribution in [-0.4, -0.2) is 27.7 Å². The number of benzene rings is 2. The van der Waals surface area contributed by atoms with Crippen molar-refractivity contribution in [2.75, 3.05) is 16.8 Å². The average Bonchev–Trinajstić information content (AvgIpc) is 3.39. The van der Waals surface area contributed by atoms with Crippen LogP contribution in [0, 0.1) is 19.8 Å². The van der Waals surface area contributed by atoms with Gasteiger partial charge in [0.25, 0.3) is 0 Å². The van der Waals surface area contributed by atoms with Crippen molar-refractivity contribution in [2.45, 2.75) is 20.3 Å². The molecule has 33 heavy (non-hydrogen) atoms. The molecule has 4 aromatic rings. The third kappa shape index (κ3) is 4.22. The minimum Gasteiger partial charge on any atom is -0.326 e. The first-order chi connectivity index (χ1) is 15.9. The quantitative estimate of drug-likeness (QED) is 0.453. The lowest BCUT2D eigenvalue weighted by molar-refractivity contribution is -0.122. The number of nitrogens with one attached hydrogen (secondary N) is 1. The van der Waals surface area contributed by atoms with Gasteiger partial charge in [-0.15, -0.1) is 0 Å². The molecular weight excluding hydrogens is 436 g/mol. The van der Waals surface area contributed by atoms with Crippen molar-refractivity contribution in [1.29, 1.82) is 0 Å². The van der Waals surface area contributed by atoms with Gasteiger partial charge in [0.05, 0.1) is 11.6 Å². The summed E-state index contributed by atoms with van der Waals surface area (Å²) in [4.78, 5) is 31.9. The minimum atomic E-state index is -0.422. The SMILES string of the molecule is Cc1ccn2cc(-c3ccc(C)c(NC(=O)[C@H]4CC(=O)N(c5ccc(Cl)cc5)C4)c3)nc2c1. The van der Waals surface area contributed by atoms with E-state index in [1.54, 1.807) is 29.2 Å². The number of carbonyl (C=O) groups excluding carboxylic acids is 2. The normalized spacial score (nSPS) is 15.9. The van der Waals surface area contributed by atoms with Crippen molar-refractivity contribution in [3.63, 3.8) is 0 Å². The molecule has 0 unspecified atom stereocenters. The van der Waals surface area contributed by atoms with E-state index in [4.69, 9.17) is 16.6 Å². The molecule has 6 nitrogen and oxygen atoms in total. The molecule has 1 aliphatic rings. The summed E-state index contributed by atoms with van der Waals surface area (Å²) < 4.78 is 1.98. The zero-order valence-electron chi connectivity index (χ0n) is 18.4. The van der Waals surface area contributed by atoms with Crippen molar-refractivity contribution in [2.24, 2.45) is 5.92 Å². The van der Waals surface area contributed by atoms with Crippen molar-refractivity contribution in [3.05, 3.63) is 83.1 Å². The number of anilines is 2. The number of amides is 2. The van der Waals surface area contributed by atoms with Gasteiger partial charge < -0.3 is 14.6 Å². The molecule has 1 aliphatic heterocycles. The molecule has 0 aliphatic carbocycles. The smallest absolute Gasteiger partial charge is 0.229 e. The molecule has 1 fully saturated rings. The first-order valence-corrected chi connectivity index (χ1v) is 11.2. The van der Waals surface area contributed by atoms with Gasteiger partial charge in [-0.2, -0.15) is 0 Å². The third-order valence-corrected chi connectivity index (χ3v) is 6.29. The lowest BCUT2D eigenvalue weighted by Gasteiger charge is -2.17. The Hall–Kier alpha value is -3.64. The molecule has 1 N–H and O–H groups in total. The summed E-state index contributed by atoms with van der Waals surface area (Å²) in [5.41, 5.74) is 6.20. The number of carbonyl (C=O) groups is 2. The van der Waals surface area contributed by atoms with Gasteiger partial charge in [0.2, 0.25) is 11.8 Å². The van der Waals surface area contributed by atoms with Crippen LogP contribution < -0.4 is 10.2 Å². The number of nitrogens with zero attached hydrogens (tertiary/aromatic N) is 3. The third-order valence-electron chi connectivity index (χ3n) is 6.04. The molecule has 0 spiro atoms. The summed E-state index contributed by atoms with van der Waals surface area (Å²) in [5, 5.41) is 3.64. The van der Waals surface area contributed by atoms with Gasteiger partial charge in [0.1, 0.15) is 5.65 Å². The highest BCUT2D eigenvalue weighted by molar-refractivity contribution is 6.30. The predicted octanol–water partition coefficient (Wildman–Crippen LogP) is 5.26. The highest BCUT2D eigenvalue weighted by atomic mass is 35.5. The van der Waals surface area contributed by atoms with Gasteiger partial charge >= 0.3 is 0 Å². The van der Waals surface area contributed by atoms with Crippen LogP contribution in [0.5, 0.6) is 0 Å². The number of fused-ring (bicyclic) bond motifs is 1. The van der Waals surface area contributed by atoms with Crippen LogP contribution in [0.1, 0.15) is 17.5 Å². The van der Waals surface area contributed by atoms with Crippen LogP contribution in [0.3, 0.4) is 0 Å². The Labute approximate surface area is 196 Å². The van der Waals surface area contributed by atoms with Crippen LogP contribution in [0.15, 0.2) is 67.0 Å². The zero-order valence-corrected chi connectivity index (χ0v) is 19.1. The Kier molecular flexibility index (Phi) is 5.38. The fourth-order valence-corrected chi connectivity index (χ4v) is 4.25. The maximum atomic E-state index is 13.0. The van der Waals surface area contributed by atoms with Gasteiger partial charge in [0, 0.05) is 47.3 Å². The molecule has 166 valence electrons. The molecule has 0 bridgehead atoms. The molecule has 2 aromatic heterocycles. The minimum absolute atomic E-state index is 0.0667. The monoisotopic (exact) mass is 458 g/mol. The van der Waals surface area contributed by atoms with Crippen LogP contribution in [-0.2, 0) is 9.59 Å². The standard InChI is InChI=1S/C26H23ClN4O2/c1-16-9-10-30-15-23(28-24(30)11-16)18-4-3-17(2)22(12-18)29-26(33)19-13-25(32)31(14-19)21-7-5-20(27)6-8-21/h3-12,15,19H,13-14H2,1-2H3,(H,29,33)/t19-/m0/s1. The van der Waals surface area contributed by atoms with E-state index in [-0.39, 0.29) is 18.2 Å². The Morgan fingerprint density at radius 1 is 1.09 bits per heavy atom. The van der Waals surface area contributed by atoms with Crippen LogP contribution >= 0.6 is 11.6 Å². The second-order valence-corrected chi connectivity index (χ2v) is 8.93. The average molecular weight is 459 g/mol. The number of halogens is 1. The zero-order chi connectivity index (χ0) is 23.1. The fourth-order valence-electron chi connectivity index (χ4n) is 4.13. The van der Waals surface area contributed by atoms with E-state index in [1.807, 2.05) is 61.0 Å². The Morgan fingerprint density at radius 3 is 2.67 bits per heavy atom. The van der Waals surface area contributed by atoms with Crippen LogP contribution in [0.2, 0.25) is 5.02 Å². The van der Waals surface area contributed by atoms with Gasteiger partial charge in [-0.1, -0.05) is 23.7 Å². The molecule has 3 heterocycles. The van der Waals surface area contributed by atoms with Crippen LogP contribution in [0.4, 0.5) is 11.4 Å². The topological polar surface area (TPSA) is 66.7 Å². The van der Waals surface area contributed by atoms with Gasteiger partial charge in [0.15, 0.2) is 0 Å². The van der Waals surface area contributed by atoms with E-state index in [2.05, 4.69) is 5.32 Å². The molecule has 1 atom stereocenters. The van der Waals surface area contributed by atoms with Gasteiger partial charge in [-0.25, -0.2) is 4.98 Å². The van der Waals surface area contributed by atoms with Crippen LogP contribution in [0.25, 0.3) is 16.9 Å². The lowest BCUT2D eigenvalue weighted by Crippen LogP contribution is -2.28. The largest absolute Gasteiger partial charge is 0.326 e. The molecule has 2 amide bonds. The number of aromatic nitrogens is 2. The number of hydrogen-bond acceptors (Lipinski definition) is 3. The van der Waals surface area contributed by atoms with E-state index in [0.29, 0.717) is 11.6 Å². The van der Waals surface area contributed by atoms with Crippen molar-refractivity contribution < 1.29 is 9.59 Å². The molecule has 0 saturated carbocycles. The Bertz CT molecular complexity index is 1380. The highest BCUT2D eigenvalue weighted by Gasteiger charge is 2.35. The second kappa shape index (κ2) is 8.37. The highest BCUT2D eigenvalue weighted by Crippen LogP contribution is 2.29. The number of aryl methyl sites for hydroxylation is 2. The van der Waals surface area contributed by atoms with E-state index in [9.17, 15) is 9.59 Å². The number of rotatable bonds is 4. The van der Waals surface area contributed by atoms with E-state index < -0.39 is 5.92 Å². The second-order valence-electron chi connectivity index (χ2n) is 8.50. The van der Waals surface area contributed by atoms with Crippen molar-refractivity contribution in [3.8, 4) is 11.3 Å². The lowest BCUT2D eigenvalue weighted by atomic mass is 10.1. The van der Waals surface area contributed by atoms with E-state index >= 15 is 0 Å². The summed E-state index contributed by atoms with van der Waals surface area (Å²) >= 11 is 5.95. The van der Waals surface area contributed by atoms with Crippen molar-refractivity contribution >= 4 is 40.4 Å². The number of pyridine rings is 1. The summed E-state index contributed by atoms with van der Waals surface area (Å²) in [6, 6.07) is 17.1. The first-order valence-electron chi connectivity index (χ1n) is 10.8. The Balaban J connectivity index is 1.35. The molecule has 0 radical (unpaired) electrons. The molecule has 1 saturated heterocycles. The Morgan fingerprint density at radius 2 is 1.88 bits per heavy atom. The molecular formula is C26H23ClN4O2. The summed E-state index contributed by atoms with van der Waals surface area (Å²) in [6.45, 7) is 4.33.